The fraction of sp³-hybridized carbons (Fsp3) is 0.429. The first kappa shape index (κ1) is 27.2. The summed E-state index contributed by atoms with van der Waals surface area (Å²) in [6.07, 6.45) is 7.40. The van der Waals surface area contributed by atoms with Crippen LogP contribution < -0.4 is 20.7 Å². The summed E-state index contributed by atoms with van der Waals surface area (Å²) in [7, 11) is 0. The Kier molecular flexibility index (Phi) is 10.8. The van der Waals surface area contributed by atoms with Gasteiger partial charge in [0.25, 0.3) is 0 Å². The maximum Gasteiger partial charge on any atom is 0.248 e. The standard InChI is InChI=1S/C21H26N4O6S.HI/c22-17-19(28)25-18(21(29)30)15(13-32-20(17)25)2-1-6-24-7-3-14(4-8-24)12-16(27)23-5-10-31-11-9-26;/h1-4,7-8,17,20,26H,5-6,9-13,22H2,(H-,23,27,29,30);1H/t17-,20-;/m1./s1. The summed E-state index contributed by atoms with van der Waals surface area (Å²) in [5.74, 6) is -1.47. The number of aliphatic carboxylic acids is 1. The van der Waals surface area contributed by atoms with Crippen molar-refractivity contribution in [3.63, 3.8) is 0 Å². The molecular weight excluding hydrogens is 563 g/mol. The third-order valence-electron chi connectivity index (χ3n) is 5.00. The molecule has 0 radical (unpaired) electrons. The van der Waals surface area contributed by atoms with Gasteiger partial charge in [0.05, 0.1) is 37.9 Å². The van der Waals surface area contributed by atoms with Crippen LogP contribution in [0.25, 0.3) is 0 Å². The lowest BCUT2D eigenvalue weighted by atomic mass is 10.0. The van der Waals surface area contributed by atoms with E-state index in [4.69, 9.17) is 15.6 Å². The normalized spacial score (nSPS) is 19.7. The molecule has 0 saturated carbocycles. The zero-order chi connectivity index (χ0) is 23.1. The maximum atomic E-state index is 12.0. The average molecular weight is 590 g/mol. The lowest BCUT2D eigenvalue weighted by Crippen LogP contribution is -2.69. The number of fused-ring (bicyclic) bond motifs is 1. The van der Waals surface area contributed by atoms with Gasteiger partial charge in [-0.15, -0.1) is 35.7 Å². The minimum atomic E-state index is -1.38. The van der Waals surface area contributed by atoms with E-state index in [0.717, 1.165) is 5.56 Å². The molecule has 3 heterocycles. The molecule has 2 atom stereocenters. The number of carboxylic acids is 1. The number of thioether (sulfide) groups is 1. The van der Waals surface area contributed by atoms with E-state index in [1.54, 1.807) is 6.08 Å². The Morgan fingerprint density at radius 2 is 2.09 bits per heavy atom. The summed E-state index contributed by atoms with van der Waals surface area (Å²) in [4.78, 5) is 36.7. The second-order valence-corrected chi connectivity index (χ2v) is 8.37. The molecule has 0 unspecified atom stereocenters. The highest BCUT2D eigenvalue weighted by Crippen LogP contribution is 2.39. The lowest BCUT2D eigenvalue weighted by Gasteiger charge is -2.49. The number of hydrogen-bond donors (Lipinski definition) is 3. The van der Waals surface area contributed by atoms with Crippen LogP contribution in [0, 0.1) is 0 Å². The number of carbonyl (C=O) groups is 3. The van der Waals surface area contributed by atoms with E-state index >= 15 is 0 Å². The number of nitrogens with zero attached hydrogens (tertiary/aromatic N) is 2. The second kappa shape index (κ2) is 13.0. The van der Waals surface area contributed by atoms with Gasteiger partial charge in [-0.2, -0.15) is 0 Å². The summed E-state index contributed by atoms with van der Waals surface area (Å²) in [6, 6.07) is 3.00. The van der Waals surface area contributed by atoms with Crippen LogP contribution in [0.1, 0.15) is 5.56 Å². The van der Waals surface area contributed by atoms with E-state index < -0.39 is 17.9 Å². The van der Waals surface area contributed by atoms with Gasteiger partial charge >= 0.3 is 0 Å². The Bertz CT molecular complexity index is 924. The van der Waals surface area contributed by atoms with Crippen molar-refractivity contribution in [1.29, 1.82) is 0 Å². The smallest absolute Gasteiger partial charge is 0.248 e. The zero-order valence-corrected chi connectivity index (χ0v) is 21.0. The van der Waals surface area contributed by atoms with Crippen molar-refractivity contribution >= 4 is 53.5 Å². The van der Waals surface area contributed by atoms with E-state index in [9.17, 15) is 19.5 Å². The molecule has 0 aromatic carbocycles. The zero-order valence-electron chi connectivity index (χ0n) is 17.8. The first-order valence-electron chi connectivity index (χ1n) is 10.2. The Morgan fingerprint density at radius 3 is 2.76 bits per heavy atom. The predicted octanol–water partition coefficient (Wildman–Crippen LogP) is -1.94. The van der Waals surface area contributed by atoms with Crippen molar-refractivity contribution in [3.8, 4) is 0 Å². The molecule has 2 aliphatic heterocycles. The SMILES string of the molecule is I.N[C@@H]1C(=O)N2C(C(=O)[O-])=C(C=CC[n+]3ccc(CC(=O)NCCOCCO)cc3)CS[C@H]12. The number of β-lactam (4-membered cyclic amide) rings is 1. The summed E-state index contributed by atoms with van der Waals surface area (Å²) in [5, 5.41) is 22.6. The monoisotopic (exact) mass is 590 g/mol. The molecule has 180 valence electrons. The van der Waals surface area contributed by atoms with E-state index in [-0.39, 0.29) is 60.6 Å². The summed E-state index contributed by atoms with van der Waals surface area (Å²) in [5.41, 5.74) is 7.00. The number of nitrogens with two attached hydrogens (primary N) is 1. The molecule has 10 nitrogen and oxygen atoms in total. The van der Waals surface area contributed by atoms with Crippen LogP contribution in [0.3, 0.4) is 0 Å². The number of pyridine rings is 1. The second-order valence-electron chi connectivity index (χ2n) is 7.27. The quantitative estimate of drug-likeness (QED) is 0.117. The first-order chi connectivity index (χ1) is 15.4. The van der Waals surface area contributed by atoms with Gasteiger partial charge < -0.3 is 30.8 Å². The molecule has 3 rings (SSSR count). The Labute approximate surface area is 212 Å². The number of nitrogens with one attached hydrogen (secondary N) is 1. The number of aliphatic hydroxyl groups is 1. The van der Waals surface area contributed by atoms with Crippen molar-refractivity contribution in [2.24, 2.45) is 5.73 Å². The molecule has 33 heavy (non-hydrogen) atoms. The van der Waals surface area contributed by atoms with Gasteiger partial charge in [0.2, 0.25) is 11.8 Å². The lowest BCUT2D eigenvalue weighted by molar-refractivity contribution is -0.687. The number of carboxylic acid groups (broad SMARTS) is 1. The van der Waals surface area contributed by atoms with Crippen molar-refractivity contribution in [3.05, 3.63) is 53.5 Å². The molecule has 1 saturated heterocycles. The highest BCUT2D eigenvalue weighted by atomic mass is 127. The molecule has 1 aromatic heterocycles. The molecule has 2 amide bonds. The molecule has 0 spiro atoms. The van der Waals surface area contributed by atoms with Crippen molar-refractivity contribution in [2.45, 2.75) is 24.4 Å². The van der Waals surface area contributed by atoms with Gasteiger partial charge in [-0.1, -0.05) is 6.08 Å². The highest BCUT2D eigenvalue weighted by molar-refractivity contribution is 14.0. The first-order valence-corrected chi connectivity index (χ1v) is 11.2. The van der Waals surface area contributed by atoms with Gasteiger partial charge in [-0.05, 0) is 17.2 Å². The topological polar surface area (TPSA) is 149 Å². The third kappa shape index (κ3) is 6.99. The Morgan fingerprint density at radius 1 is 1.36 bits per heavy atom. The van der Waals surface area contributed by atoms with E-state index in [1.807, 2.05) is 35.2 Å². The fourth-order valence-corrected chi connectivity index (χ4v) is 4.64. The minimum Gasteiger partial charge on any atom is -0.543 e. The molecule has 1 fully saturated rings. The van der Waals surface area contributed by atoms with Crippen molar-refractivity contribution in [2.75, 3.05) is 32.1 Å². The number of hydrogen-bond acceptors (Lipinski definition) is 8. The van der Waals surface area contributed by atoms with Crippen molar-refractivity contribution in [1.82, 2.24) is 10.2 Å². The van der Waals surface area contributed by atoms with Crippen LogP contribution in [0.5, 0.6) is 0 Å². The number of halogens is 1. The van der Waals surface area contributed by atoms with Crippen LogP contribution in [0.15, 0.2) is 47.9 Å². The van der Waals surface area contributed by atoms with Crippen molar-refractivity contribution < 1.29 is 33.9 Å². The third-order valence-corrected chi connectivity index (χ3v) is 6.32. The van der Waals surface area contributed by atoms with Crippen LogP contribution in [-0.2, 0) is 32.1 Å². The Hall–Kier alpha value is -2.00. The van der Waals surface area contributed by atoms with Crippen LogP contribution in [-0.4, -0.2) is 71.3 Å². The van der Waals surface area contributed by atoms with Crippen LogP contribution >= 0.6 is 35.7 Å². The maximum absolute atomic E-state index is 12.0. The molecule has 1 aromatic rings. The predicted molar refractivity (Wildman–Crippen MR) is 129 cm³/mol. The molecule has 4 N–H and O–H groups in total. The van der Waals surface area contributed by atoms with Crippen LogP contribution in [0.2, 0.25) is 0 Å². The Balaban J connectivity index is 0.00000385. The number of aliphatic hydroxyl groups excluding tert-OH is 1. The summed E-state index contributed by atoms with van der Waals surface area (Å²) in [6.45, 7) is 1.42. The summed E-state index contributed by atoms with van der Waals surface area (Å²) < 4.78 is 6.96. The molecule has 0 aliphatic carbocycles. The fourth-order valence-electron chi connectivity index (χ4n) is 3.38. The van der Waals surface area contributed by atoms with E-state index in [0.29, 0.717) is 31.0 Å². The van der Waals surface area contributed by atoms with E-state index in [1.165, 1.54) is 16.7 Å². The average Bonchev–Trinajstić information content (AvgIpc) is 2.79. The minimum absolute atomic E-state index is 0. The molecule has 2 aliphatic rings. The van der Waals surface area contributed by atoms with Gasteiger partial charge in [0.1, 0.15) is 11.4 Å². The molecule has 0 bridgehead atoms. The molecular formula is C21H27IN4O6S. The number of amides is 2. The van der Waals surface area contributed by atoms with Crippen LogP contribution in [0.4, 0.5) is 0 Å². The van der Waals surface area contributed by atoms with Gasteiger partial charge in [0.15, 0.2) is 18.9 Å². The number of allylic oxidation sites excluding steroid dienone is 2. The number of ether oxygens (including phenoxy) is 1. The largest absolute Gasteiger partial charge is 0.543 e. The number of carbonyl (C=O) groups excluding carboxylic acids is 3. The van der Waals surface area contributed by atoms with Gasteiger partial charge in [-0.25, -0.2) is 4.57 Å². The van der Waals surface area contributed by atoms with Gasteiger partial charge in [0, 0.05) is 24.4 Å². The van der Waals surface area contributed by atoms with Gasteiger partial charge in [-0.3, -0.25) is 14.5 Å². The highest BCUT2D eigenvalue weighted by Gasteiger charge is 2.49. The number of rotatable bonds is 11. The van der Waals surface area contributed by atoms with E-state index in [2.05, 4.69) is 5.32 Å². The number of aromatic nitrogens is 1. The summed E-state index contributed by atoms with van der Waals surface area (Å²) >= 11 is 1.43. The molecule has 12 heteroatoms.